The van der Waals surface area contributed by atoms with Gasteiger partial charge in [-0.1, -0.05) is 6.07 Å². The molecule has 1 aromatic rings. The molecule has 1 aliphatic carbocycles. The van der Waals surface area contributed by atoms with E-state index in [1.165, 1.54) is 24.0 Å². The highest BCUT2D eigenvalue weighted by Gasteiger charge is 2.21. The third-order valence-corrected chi connectivity index (χ3v) is 3.95. The fourth-order valence-corrected chi connectivity index (χ4v) is 3.04. The Kier molecular flexibility index (Phi) is 2.68. The third-order valence-electron chi connectivity index (χ3n) is 3.95. The van der Waals surface area contributed by atoms with Crippen molar-refractivity contribution in [3.05, 3.63) is 34.6 Å². The normalized spacial score (nSPS) is 24.4. The molecule has 0 aromatic heterocycles. The highest BCUT2D eigenvalue weighted by molar-refractivity contribution is 5.38. The van der Waals surface area contributed by atoms with Crippen LogP contribution in [0.3, 0.4) is 0 Å². The molecule has 1 saturated heterocycles. The zero-order chi connectivity index (χ0) is 11.0. The van der Waals surface area contributed by atoms with Crippen LogP contribution in [0.2, 0.25) is 0 Å². The van der Waals surface area contributed by atoms with E-state index in [9.17, 15) is 4.39 Å². The Labute approximate surface area is 96.1 Å². The summed E-state index contributed by atoms with van der Waals surface area (Å²) in [7, 11) is 0. The number of benzene rings is 1. The highest BCUT2D eigenvalue weighted by atomic mass is 19.1. The van der Waals surface area contributed by atoms with Gasteiger partial charge in [0.1, 0.15) is 5.82 Å². The van der Waals surface area contributed by atoms with Crippen LogP contribution in [0.4, 0.5) is 4.39 Å². The summed E-state index contributed by atoms with van der Waals surface area (Å²) in [5.41, 5.74) is 3.58. The molecular weight excluding hydrogens is 201 g/mol. The van der Waals surface area contributed by atoms with E-state index >= 15 is 0 Å². The SMILES string of the molecule is Fc1cc2c(cc1C1CCCNC1)CCC2. The van der Waals surface area contributed by atoms with E-state index in [4.69, 9.17) is 0 Å². The summed E-state index contributed by atoms with van der Waals surface area (Å²) in [4.78, 5) is 0. The Bertz CT molecular complexity index is 394. The van der Waals surface area contributed by atoms with Crippen molar-refractivity contribution in [3.8, 4) is 0 Å². The van der Waals surface area contributed by atoms with E-state index in [2.05, 4.69) is 11.4 Å². The summed E-state index contributed by atoms with van der Waals surface area (Å²) in [5.74, 6) is 0.411. The molecule has 0 radical (unpaired) electrons. The minimum atomic E-state index is 0.0225. The molecule has 1 N–H and O–H groups in total. The van der Waals surface area contributed by atoms with Gasteiger partial charge in [0.25, 0.3) is 0 Å². The van der Waals surface area contributed by atoms with Crippen molar-refractivity contribution >= 4 is 0 Å². The second-order valence-electron chi connectivity index (χ2n) is 5.04. The standard InChI is InChI=1S/C14H18FN/c15-14-8-11-4-1-3-10(11)7-13(14)12-5-2-6-16-9-12/h7-8,12,16H,1-6,9H2. The van der Waals surface area contributed by atoms with Gasteiger partial charge in [-0.15, -0.1) is 0 Å². The molecule has 16 heavy (non-hydrogen) atoms. The Morgan fingerprint density at radius 3 is 2.69 bits per heavy atom. The van der Waals surface area contributed by atoms with Crippen LogP contribution in [0.25, 0.3) is 0 Å². The van der Waals surface area contributed by atoms with Gasteiger partial charge in [-0.2, -0.15) is 0 Å². The van der Waals surface area contributed by atoms with Crippen molar-refractivity contribution in [2.24, 2.45) is 0 Å². The number of halogens is 1. The molecule has 1 nitrogen and oxygen atoms in total. The number of piperidine rings is 1. The minimum Gasteiger partial charge on any atom is -0.316 e. The second-order valence-corrected chi connectivity index (χ2v) is 5.04. The van der Waals surface area contributed by atoms with Crippen molar-refractivity contribution in [1.82, 2.24) is 5.32 Å². The Morgan fingerprint density at radius 2 is 1.94 bits per heavy atom. The first-order valence-corrected chi connectivity index (χ1v) is 6.36. The average Bonchev–Trinajstić information content (AvgIpc) is 2.76. The number of hydrogen-bond donors (Lipinski definition) is 1. The molecule has 2 heteroatoms. The maximum absolute atomic E-state index is 14.0. The first kappa shape index (κ1) is 10.3. The summed E-state index contributed by atoms with van der Waals surface area (Å²) in [6.07, 6.45) is 5.70. The van der Waals surface area contributed by atoms with Crippen molar-refractivity contribution in [3.63, 3.8) is 0 Å². The molecule has 86 valence electrons. The fourth-order valence-electron chi connectivity index (χ4n) is 3.04. The Morgan fingerprint density at radius 1 is 1.12 bits per heavy atom. The predicted octanol–water partition coefficient (Wildman–Crippen LogP) is 2.78. The van der Waals surface area contributed by atoms with Crippen LogP contribution in [0, 0.1) is 5.82 Å². The minimum absolute atomic E-state index is 0.0225. The monoisotopic (exact) mass is 219 g/mol. The molecule has 0 spiro atoms. The van der Waals surface area contributed by atoms with Gasteiger partial charge in [0.15, 0.2) is 0 Å². The molecule has 1 aromatic carbocycles. The van der Waals surface area contributed by atoms with E-state index in [0.29, 0.717) is 5.92 Å². The predicted molar refractivity (Wildman–Crippen MR) is 63.3 cm³/mol. The number of rotatable bonds is 1. The number of fused-ring (bicyclic) bond motifs is 1. The molecule has 3 rings (SSSR count). The van der Waals surface area contributed by atoms with Crippen molar-refractivity contribution in [2.45, 2.75) is 38.0 Å². The number of aryl methyl sites for hydroxylation is 2. The fraction of sp³-hybridized carbons (Fsp3) is 0.571. The maximum atomic E-state index is 14.0. The average molecular weight is 219 g/mol. The highest BCUT2D eigenvalue weighted by Crippen LogP contribution is 2.31. The van der Waals surface area contributed by atoms with Crippen molar-refractivity contribution < 1.29 is 4.39 Å². The number of hydrogen-bond acceptors (Lipinski definition) is 1. The molecule has 1 heterocycles. The van der Waals surface area contributed by atoms with Gasteiger partial charge >= 0.3 is 0 Å². The summed E-state index contributed by atoms with van der Waals surface area (Å²) in [6, 6.07) is 3.92. The van der Waals surface area contributed by atoms with Gasteiger partial charge in [-0.05, 0) is 67.3 Å². The Hall–Kier alpha value is -0.890. The van der Waals surface area contributed by atoms with Gasteiger partial charge in [0.05, 0.1) is 0 Å². The summed E-state index contributed by atoms with van der Waals surface area (Å²) < 4.78 is 14.0. The van der Waals surface area contributed by atoms with Crippen LogP contribution >= 0.6 is 0 Å². The maximum Gasteiger partial charge on any atom is 0.127 e. The molecular formula is C14H18FN. The van der Waals surface area contributed by atoms with Crippen LogP contribution < -0.4 is 5.32 Å². The first-order valence-electron chi connectivity index (χ1n) is 6.36. The summed E-state index contributed by atoms with van der Waals surface area (Å²) in [5, 5.41) is 3.36. The van der Waals surface area contributed by atoms with Crippen LogP contribution in [0.15, 0.2) is 12.1 Å². The lowest BCUT2D eigenvalue weighted by Crippen LogP contribution is -2.28. The molecule has 2 aliphatic rings. The summed E-state index contributed by atoms with van der Waals surface area (Å²) >= 11 is 0. The van der Waals surface area contributed by atoms with Crippen molar-refractivity contribution in [2.75, 3.05) is 13.1 Å². The van der Waals surface area contributed by atoms with E-state index in [0.717, 1.165) is 37.9 Å². The number of nitrogens with one attached hydrogen (secondary N) is 1. The lowest BCUT2D eigenvalue weighted by Gasteiger charge is -2.24. The van der Waals surface area contributed by atoms with Crippen molar-refractivity contribution in [1.29, 1.82) is 0 Å². The second kappa shape index (κ2) is 4.17. The smallest absolute Gasteiger partial charge is 0.127 e. The lowest BCUT2D eigenvalue weighted by molar-refractivity contribution is 0.446. The van der Waals surface area contributed by atoms with E-state index < -0.39 is 0 Å². The molecule has 1 fully saturated rings. The molecule has 1 unspecified atom stereocenters. The quantitative estimate of drug-likeness (QED) is 0.766. The molecule has 1 atom stereocenters. The zero-order valence-corrected chi connectivity index (χ0v) is 9.56. The topological polar surface area (TPSA) is 12.0 Å². The zero-order valence-electron chi connectivity index (χ0n) is 9.56. The van der Waals surface area contributed by atoms with Gasteiger partial charge < -0.3 is 5.32 Å². The first-order chi connectivity index (χ1) is 7.84. The largest absolute Gasteiger partial charge is 0.316 e. The molecule has 0 bridgehead atoms. The van der Waals surface area contributed by atoms with E-state index in [1.54, 1.807) is 6.07 Å². The lowest BCUT2D eigenvalue weighted by atomic mass is 9.89. The van der Waals surface area contributed by atoms with Crippen LogP contribution in [0.5, 0.6) is 0 Å². The van der Waals surface area contributed by atoms with E-state index in [1.807, 2.05) is 0 Å². The van der Waals surface area contributed by atoms with Gasteiger partial charge in [0, 0.05) is 6.54 Å². The third kappa shape index (κ3) is 1.75. The molecule has 0 amide bonds. The van der Waals surface area contributed by atoms with Gasteiger partial charge in [-0.3, -0.25) is 0 Å². The van der Waals surface area contributed by atoms with E-state index in [-0.39, 0.29) is 5.82 Å². The molecule has 1 aliphatic heterocycles. The van der Waals surface area contributed by atoms with Gasteiger partial charge in [0.2, 0.25) is 0 Å². The van der Waals surface area contributed by atoms with Crippen LogP contribution in [-0.2, 0) is 12.8 Å². The van der Waals surface area contributed by atoms with Gasteiger partial charge in [-0.25, -0.2) is 4.39 Å². The van der Waals surface area contributed by atoms with Crippen LogP contribution in [0.1, 0.15) is 41.9 Å². The Balaban J connectivity index is 1.94. The molecule has 0 saturated carbocycles. The summed E-state index contributed by atoms with van der Waals surface area (Å²) in [6.45, 7) is 2.03. The van der Waals surface area contributed by atoms with Crippen LogP contribution in [-0.4, -0.2) is 13.1 Å².